The van der Waals surface area contributed by atoms with Crippen molar-refractivity contribution >= 4 is 5.97 Å². The largest absolute Gasteiger partial charge is 0.494 e. The summed E-state index contributed by atoms with van der Waals surface area (Å²) in [7, 11) is 0. The third-order valence-corrected chi connectivity index (χ3v) is 3.57. The summed E-state index contributed by atoms with van der Waals surface area (Å²) in [6.45, 7) is 8.64. The highest BCUT2D eigenvalue weighted by Gasteiger charge is 2.26. The quantitative estimate of drug-likeness (QED) is 0.756. The molecule has 0 fully saturated rings. The van der Waals surface area contributed by atoms with Crippen LogP contribution in [0.1, 0.15) is 52.5 Å². The zero-order valence-corrected chi connectivity index (χ0v) is 13.5. The van der Waals surface area contributed by atoms with Gasteiger partial charge >= 0.3 is 5.97 Å². The molecule has 4 heteroatoms. The lowest BCUT2D eigenvalue weighted by Crippen LogP contribution is -2.44. The van der Waals surface area contributed by atoms with Crippen LogP contribution in [0.15, 0.2) is 24.3 Å². The summed E-state index contributed by atoms with van der Waals surface area (Å²) >= 11 is 0. The van der Waals surface area contributed by atoms with Crippen LogP contribution in [-0.2, 0) is 10.2 Å². The van der Waals surface area contributed by atoms with Gasteiger partial charge in [-0.15, -0.1) is 0 Å². The van der Waals surface area contributed by atoms with E-state index in [1.807, 2.05) is 12.1 Å². The van der Waals surface area contributed by atoms with Crippen molar-refractivity contribution in [1.82, 2.24) is 0 Å². The minimum absolute atomic E-state index is 0.140. The highest BCUT2D eigenvalue weighted by atomic mass is 16.5. The second kappa shape index (κ2) is 6.94. The fourth-order valence-corrected chi connectivity index (χ4v) is 1.94. The van der Waals surface area contributed by atoms with E-state index in [0.29, 0.717) is 13.0 Å². The van der Waals surface area contributed by atoms with E-state index in [1.165, 1.54) is 5.56 Å². The Morgan fingerprint density at radius 1 is 1.14 bits per heavy atom. The number of ether oxygens (including phenoxy) is 1. The molecule has 0 aliphatic rings. The Morgan fingerprint density at radius 3 is 2.19 bits per heavy atom. The first-order valence-electron chi connectivity index (χ1n) is 7.38. The molecular formula is C17H27NO3. The Bertz CT molecular complexity index is 458. The normalized spacial score (nSPS) is 14.5. The van der Waals surface area contributed by atoms with E-state index in [1.54, 1.807) is 6.92 Å². The van der Waals surface area contributed by atoms with Gasteiger partial charge < -0.3 is 15.6 Å². The van der Waals surface area contributed by atoms with Crippen LogP contribution in [0.3, 0.4) is 0 Å². The molecule has 1 aromatic carbocycles. The molecule has 0 saturated heterocycles. The molecule has 118 valence electrons. The minimum atomic E-state index is -1.14. The van der Waals surface area contributed by atoms with Gasteiger partial charge in [-0.05, 0) is 49.3 Å². The average Bonchev–Trinajstić information content (AvgIpc) is 2.37. The van der Waals surface area contributed by atoms with Crippen LogP contribution < -0.4 is 10.5 Å². The number of hydrogen-bond acceptors (Lipinski definition) is 3. The van der Waals surface area contributed by atoms with Crippen molar-refractivity contribution in [2.75, 3.05) is 6.61 Å². The lowest BCUT2D eigenvalue weighted by atomic mass is 9.87. The third-order valence-electron chi connectivity index (χ3n) is 3.57. The van der Waals surface area contributed by atoms with Crippen LogP contribution >= 0.6 is 0 Å². The van der Waals surface area contributed by atoms with Crippen LogP contribution in [0, 0.1) is 0 Å². The molecule has 0 radical (unpaired) electrons. The SMILES string of the molecule is CC(N)(CCCCOc1ccc(C(C)(C)C)cc1)C(=O)O. The number of aliphatic carboxylic acids is 1. The Balaban J connectivity index is 2.32. The lowest BCUT2D eigenvalue weighted by Gasteiger charge is -2.19. The van der Waals surface area contributed by atoms with E-state index in [-0.39, 0.29) is 5.41 Å². The first-order chi connectivity index (χ1) is 9.63. The van der Waals surface area contributed by atoms with Crippen molar-refractivity contribution in [3.8, 4) is 5.75 Å². The van der Waals surface area contributed by atoms with Gasteiger partial charge in [0, 0.05) is 0 Å². The van der Waals surface area contributed by atoms with Crippen molar-refractivity contribution in [2.45, 2.75) is 57.9 Å². The second-order valence-corrected chi connectivity index (χ2v) is 6.80. The van der Waals surface area contributed by atoms with E-state index >= 15 is 0 Å². The summed E-state index contributed by atoms with van der Waals surface area (Å²) in [6.07, 6.45) is 1.98. The van der Waals surface area contributed by atoms with Gasteiger partial charge in [-0.1, -0.05) is 32.9 Å². The summed E-state index contributed by atoms with van der Waals surface area (Å²) in [4.78, 5) is 10.9. The number of carbonyl (C=O) groups is 1. The van der Waals surface area contributed by atoms with Crippen LogP contribution in [0.4, 0.5) is 0 Å². The molecule has 0 aliphatic heterocycles. The van der Waals surface area contributed by atoms with Gasteiger partial charge in [0.15, 0.2) is 0 Å². The van der Waals surface area contributed by atoms with E-state index in [0.717, 1.165) is 18.6 Å². The maximum atomic E-state index is 10.9. The van der Waals surface area contributed by atoms with Crippen molar-refractivity contribution in [3.63, 3.8) is 0 Å². The monoisotopic (exact) mass is 293 g/mol. The lowest BCUT2D eigenvalue weighted by molar-refractivity contribution is -0.142. The first kappa shape index (κ1) is 17.5. The molecule has 0 spiro atoms. The molecule has 21 heavy (non-hydrogen) atoms. The molecule has 1 rings (SSSR count). The molecule has 1 aromatic rings. The Kier molecular flexibility index (Phi) is 5.78. The summed E-state index contributed by atoms with van der Waals surface area (Å²) in [5.74, 6) is -0.113. The number of unbranched alkanes of at least 4 members (excludes halogenated alkanes) is 1. The van der Waals surface area contributed by atoms with Crippen LogP contribution in [0.5, 0.6) is 5.75 Å². The molecule has 4 nitrogen and oxygen atoms in total. The first-order valence-corrected chi connectivity index (χ1v) is 7.38. The van der Waals surface area contributed by atoms with E-state index < -0.39 is 11.5 Å². The van der Waals surface area contributed by atoms with E-state index in [4.69, 9.17) is 15.6 Å². The molecule has 0 heterocycles. The van der Waals surface area contributed by atoms with Crippen molar-refractivity contribution < 1.29 is 14.6 Å². The number of nitrogens with two attached hydrogens (primary N) is 1. The Hall–Kier alpha value is -1.55. The fourth-order valence-electron chi connectivity index (χ4n) is 1.94. The molecular weight excluding hydrogens is 266 g/mol. The number of carboxylic acid groups (broad SMARTS) is 1. The number of benzene rings is 1. The zero-order valence-electron chi connectivity index (χ0n) is 13.5. The molecule has 0 aromatic heterocycles. The number of carboxylic acids is 1. The highest BCUT2D eigenvalue weighted by Crippen LogP contribution is 2.24. The summed E-state index contributed by atoms with van der Waals surface area (Å²) in [5.41, 5.74) is 5.94. The maximum Gasteiger partial charge on any atom is 0.323 e. The van der Waals surface area contributed by atoms with Gasteiger partial charge in [0.05, 0.1) is 6.61 Å². The van der Waals surface area contributed by atoms with Crippen molar-refractivity contribution in [2.24, 2.45) is 5.73 Å². The Morgan fingerprint density at radius 2 is 1.71 bits per heavy atom. The second-order valence-electron chi connectivity index (χ2n) is 6.80. The summed E-state index contributed by atoms with van der Waals surface area (Å²) < 4.78 is 5.66. The van der Waals surface area contributed by atoms with Crippen molar-refractivity contribution in [1.29, 1.82) is 0 Å². The van der Waals surface area contributed by atoms with Gasteiger partial charge in [-0.2, -0.15) is 0 Å². The number of hydrogen-bond donors (Lipinski definition) is 2. The van der Waals surface area contributed by atoms with Gasteiger partial charge in [-0.3, -0.25) is 4.79 Å². The maximum absolute atomic E-state index is 10.9. The summed E-state index contributed by atoms with van der Waals surface area (Å²) in [5, 5.41) is 8.91. The van der Waals surface area contributed by atoms with Crippen molar-refractivity contribution in [3.05, 3.63) is 29.8 Å². The molecule has 0 bridgehead atoms. The summed E-state index contributed by atoms with van der Waals surface area (Å²) in [6, 6.07) is 8.11. The molecule has 0 amide bonds. The van der Waals surface area contributed by atoms with Gasteiger partial charge in [0.1, 0.15) is 11.3 Å². The molecule has 0 aliphatic carbocycles. The van der Waals surface area contributed by atoms with Crippen LogP contribution in [0.2, 0.25) is 0 Å². The van der Waals surface area contributed by atoms with E-state index in [9.17, 15) is 4.79 Å². The van der Waals surface area contributed by atoms with Gasteiger partial charge in [-0.25, -0.2) is 0 Å². The average molecular weight is 293 g/mol. The van der Waals surface area contributed by atoms with Crippen LogP contribution in [0.25, 0.3) is 0 Å². The predicted octanol–water partition coefficient (Wildman–Crippen LogP) is 3.34. The Labute approximate surface area is 127 Å². The highest BCUT2D eigenvalue weighted by molar-refractivity contribution is 5.77. The van der Waals surface area contributed by atoms with Gasteiger partial charge in [0.25, 0.3) is 0 Å². The molecule has 1 unspecified atom stereocenters. The van der Waals surface area contributed by atoms with E-state index in [2.05, 4.69) is 32.9 Å². The van der Waals surface area contributed by atoms with Gasteiger partial charge in [0.2, 0.25) is 0 Å². The molecule has 3 N–H and O–H groups in total. The fraction of sp³-hybridized carbons (Fsp3) is 0.588. The minimum Gasteiger partial charge on any atom is -0.494 e. The van der Waals surface area contributed by atoms with Crippen LogP contribution in [-0.4, -0.2) is 23.2 Å². The smallest absolute Gasteiger partial charge is 0.323 e. The molecule has 0 saturated carbocycles. The standard InChI is InChI=1S/C17H27NO3/c1-16(2,3)13-7-9-14(10-8-13)21-12-6-5-11-17(4,18)15(19)20/h7-10H,5-6,11-12,18H2,1-4H3,(H,19,20). The predicted molar refractivity (Wildman–Crippen MR) is 84.7 cm³/mol. The number of rotatable bonds is 7. The topological polar surface area (TPSA) is 72.5 Å². The zero-order chi connectivity index (χ0) is 16.1. The third kappa shape index (κ3) is 5.76. The molecule has 1 atom stereocenters.